The van der Waals surface area contributed by atoms with Crippen molar-refractivity contribution in [2.24, 2.45) is 5.73 Å². The highest BCUT2D eigenvalue weighted by Crippen LogP contribution is 2.26. The number of aromatic nitrogens is 3. The zero-order chi connectivity index (χ0) is 21.5. The van der Waals surface area contributed by atoms with Crippen LogP contribution in [0.1, 0.15) is 28.9 Å². The zero-order valence-electron chi connectivity index (χ0n) is 16.3. The van der Waals surface area contributed by atoms with Crippen molar-refractivity contribution in [3.8, 4) is 23.1 Å². The number of carbonyl (C=O) groups is 2. The number of benzene rings is 1. The lowest BCUT2D eigenvalue weighted by Gasteiger charge is -2.32. The number of nitrogen functional groups attached to an aromatic ring is 1. The average molecular weight is 404 g/mol. The molecule has 30 heavy (non-hydrogen) atoms. The minimum atomic E-state index is -1.35. The van der Waals surface area contributed by atoms with Gasteiger partial charge in [0, 0.05) is 43.5 Å². The van der Waals surface area contributed by atoms with E-state index in [1.807, 2.05) is 0 Å². The third kappa shape index (κ3) is 3.44. The monoisotopic (exact) mass is 404 g/mol. The van der Waals surface area contributed by atoms with Crippen molar-refractivity contribution in [2.75, 3.05) is 19.3 Å². The molecule has 1 saturated heterocycles. The van der Waals surface area contributed by atoms with Crippen LogP contribution in [0.2, 0.25) is 0 Å². The number of amides is 2. The fourth-order valence-corrected chi connectivity index (χ4v) is 3.37. The van der Waals surface area contributed by atoms with Gasteiger partial charge in [0.05, 0.1) is 6.42 Å². The van der Waals surface area contributed by atoms with Crippen LogP contribution in [0, 0.1) is 11.8 Å². The molecule has 0 spiro atoms. The SMILES string of the molecule is CN1CCC(O)(C#Cc2cccc(-c3nc(C(N)=O)c(N)n4ccnc34)c2)CC1=O. The lowest BCUT2D eigenvalue weighted by Crippen LogP contribution is -2.45. The Labute approximate surface area is 172 Å². The molecule has 2 aromatic heterocycles. The lowest BCUT2D eigenvalue weighted by molar-refractivity contribution is -0.138. The van der Waals surface area contributed by atoms with Crippen LogP contribution in [-0.4, -0.2) is 55.4 Å². The Morgan fingerprint density at radius 2 is 2.17 bits per heavy atom. The van der Waals surface area contributed by atoms with E-state index in [0.717, 1.165) is 0 Å². The number of rotatable bonds is 2. The van der Waals surface area contributed by atoms with Gasteiger partial charge in [-0.15, -0.1) is 0 Å². The molecule has 0 saturated carbocycles. The predicted molar refractivity (Wildman–Crippen MR) is 110 cm³/mol. The Morgan fingerprint density at radius 1 is 1.37 bits per heavy atom. The first-order chi connectivity index (χ1) is 14.3. The van der Waals surface area contributed by atoms with Crippen LogP contribution in [0.3, 0.4) is 0 Å². The number of imidazole rings is 1. The number of carbonyl (C=O) groups excluding carboxylic acids is 2. The van der Waals surface area contributed by atoms with Crippen molar-refractivity contribution >= 4 is 23.3 Å². The summed E-state index contributed by atoms with van der Waals surface area (Å²) in [6, 6.07) is 7.14. The molecule has 1 aliphatic heterocycles. The molecule has 152 valence electrons. The minimum absolute atomic E-state index is 0.0353. The van der Waals surface area contributed by atoms with E-state index in [0.29, 0.717) is 35.4 Å². The Hall–Kier alpha value is -3.90. The predicted octanol–water partition coefficient (Wildman–Crippen LogP) is 0.412. The summed E-state index contributed by atoms with van der Waals surface area (Å²) >= 11 is 0. The van der Waals surface area contributed by atoms with Crippen LogP contribution >= 0.6 is 0 Å². The van der Waals surface area contributed by atoms with Crippen LogP contribution in [0.15, 0.2) is 36.7 Å². The van der Waals surface area contributed by atoms with E-state index in [9.17, 15) is 14.7 Å². The van der Waals surface area contributed by atoms with Gasteiger partial charge < -0.3 is 21.5 Å². The van der Waals surface area contributed by atoms with E-state index in [2.05, 4.69) is 21.8 Å². The van der Waals surface area contributed by atoms with Gasteiger partial charge in [0.1, 0.15) is 17.1 Å². The van der Waals surface area contributed by atoms with Gasteiger partial charge in [-0.1, -0.05) is 24.0 Å². The third-order valence-electron chi connectivity index (χ3n) is 5.12. The molecule has 1 aliphatic rings. The number of likely N-dealkylation sites (tertiary alicyclic amines) is 1. The van der Waals surface area contributed by atoms with Crippen molar-refractivity contribution in [1.29, 1.82) is 0 Å². The Kier molecular flexibility index (Phi) is 4.64. The molecular weight excluding hydrogens is 384 g/mol. The van der Waals surface area contributed by atoms with Crippen molar-refractivity contribution in [3.63, 3.8) is 0 Å². The van der Waals surface area contributed by atoms with E-state index >= 15 is 0 Å². The number of piperidine rings is 1. The third-order valence-corrected chi connectivity index (χ3v) is 5.12. The van der Waals surface area contributed by atoms with Crippen molar-refractivity contribution in [2.45, 2.75) is 18.4 Å². The van der Waals surface area contributed by atoms with Gasteiger partial charge in [-0.25, -0.2) is 9.97 Å². The second kappa shape index (κ2) is 7.17. The van der Waals surface area contributed by atoms with Crippen molar-refractivity contribution < 1.29 is 14.7 Å². The molecule has 1 atom stereocenters. The van der Waals surface area contributed by atoms with E-state index in [-0.39, 0.29) is 23.8 Å². The molecule has 4 rings (SSSR count). The average Bonchev–Trinajstić information content (AvgIpc) is 3.21. The standard InChI is InChI=1S/C21H20N6O3/c1-26-9-7-21(30,12-15(26)28)6-5-13-3-2-4-14(11-13)16-20-24-8-10-27(20)18(22)17(25-16)19(23)29/h2-4,8,10-11,30H,7,9,12,22H2,1H3,(H2,23,29). The first-order valence-electron chi connectivity index (χ1n) is 9.30. The number of hydrogen-bond acceptors (Lipinski definition) is 6. The highest BCUT2D eigenvalue weighted by molar-refractivity contribution is 5.97. The van der Waals surface area contributed by atoms with Gasteiger partial charge in [-0.3, -0.25) is 14.0 Å². The smallest absolute Gasteiger partial charge is 0.271 e. The summed E-state index contributed by atoms with van der Waals surface area (Å²) < 4.78 is 1.55. The second-order valence-corrected chi connectivity index (χ2v) is 7.28. The maximum Gasteiger partial charge on any atom is 0.271 e. The highest BCUT2D eigenvalue weighted by atomic mass is 16.3. The summed E-state index contributed by atoms with van der Waals surface area (Å²) in [5.74, 6) is 5.02. The highest BCUT2D eigenvalue weighted by Gasteiger charge is 2.34. The number of anilines is 1. The Bertz CT molecular complexity index is 1240. The molecule has 0 bridgehead atoms. The fourth-order valence-electron chi connectivity index (χ4n) is 3.37. The minimum Gasteiger partial charge on any atom is -0.383 e. The maximum atomic E-state index is 11.9. The number of primary amides is 1. The topological polar surface area (TPSA) is 140 Å². The number of fused-ring (bicyclic) bond motifs is 1. The van der Waals surface area contributed by atoms with E-state index in [1.54, 1.807) is 53.0 Å². The largest absolute Gasteiger partial charge is 0.383 e. The normalized spacial score (nSPS) is 18.9. The second-order valence-electron chi connectivity index (χ2n) is 7.28. The molecule has 0 radical (unpaired) electrons. The summed E-state index contributed by atoms with van der Waals surface area (Å²) in [5.41, 5.74) is 12.2. The van der Waals surface area contributed by atoms with Gasteiger partial charge in [0.25, 0.3) is 5.91 Å². The van der Waals surface area contributed by atoms with Gasteiger partial charge in [0.2, 0.25) is 5.91 Å². The summed E-state index contributed by atoms with van der Waals surface area (Å²) in [4.78, 5) is 33.9. The molecule has 9 nitrogen and oxygen atoms in total. The molecule has 3 aromatic rings. The molecule has 1 fully saturated rings. The molecule has 5 N–H and O–H groups in total. The van der Waals surface area contributed by atoms with Crippen LogP contribution in [0.25, 0.3) is 16.9 Å². The molecular formula is C21H20N6O3. The summed E-state index contributed by atoms with van der Waals surface area (Å²) in [6.45, 7) is 0.452. The Balaban J connectivity index is 1.74. The number of aliphatic hydroxyl groups is 1. The van der Waals surface area contributed by atoms with Gasteiger partial charge >= 0.3 is 0 Å². The van der Waals surface area contributed by atoms with E-state index in [1.165, 1.54) is 0 Å². The lowest BCUT2D eigenvalue weighted by atomic mass is 9.91. The molecule has 0 aliphatic carbocycles. The molecule has 1 unspecified atom stereocenters. The van der Waals surface area contributed by atoms with Gasteiger partial charge in [-0.05, 0) is 12.1 Å². The van der Waals surface area contributed by atoms with E-state index in [4.69, 9.17) is 11.5 Å². The summed E-state index contributed by atoms with van der Waals surface area (Å²) in [5, 5.41) is 10.6. The van der Waals surface area contributed by atoms with Gasteiger partial charge in [-0.2, -0.15) is 0 Å². The number of nitrogens with two attached hydrogens (primary N) is 2. The van der Waals surface area contributed by atoms with Crippen LogP contribution in [-0.2, 0) is 4.79 Å². The van der Waals surface area contributed by atoms with Crippen LogP contribution in [0.5, 0.6) is 0 Å². The molecule has 1 aromatic carbocycles. The van der Waals surface area contributed by atoms with Gasteiger partial charge in [0.15, 0.2) is 11.3 Å². The zero-order valence-corrected chi connectivity index (χ0v) is 16.3. The number of hydrogen-bond donors (Lipinski definition) is 3. The van der Waals surface area contributed by atoms with Crippen LogP contribution < -0.4 is 11.5 Å². The van der Waals surface area contributed by atoms with Crippen molar-refractivity contribution in [3.05, 3.63) is 47.9 Å². The van der Waals surface area contributed by atoms with Crippen LogP contribution in [0.4, 0.5) is 5.82 Å². The number of nitrogens with zero attached hydrogens (tertiary/aromatic N) is 4. The first kappa shape index (κ1) is 19.4. The molecule has 9 heteroatoms. The first-order valence-corrected chi connectivity index (χ1v) is 9.30. The van der Waals surface area contributed by atoms with E-state index < -0.39 is 11.5 Å². The maximum absolute atomic E-state index is 11.9. The fraction of sp³-hybridized carbons (Fsp3) is 0.238. The molecule has 2 amide bonds. The molecule has 3 heterocycles. The summed E-state index contributed by atoms with van der Waals surface area (Å²) in [6.07, 6.45) is 3.53. The van der Waals surface area contributed by atoms with Crippen molar-refractivity contribution in [1.82, 2.24) is 19.3 Å². The Morgan fingerprint density at radius 3 is 2.90 bits per heavy atom. The summed E-state index contributed by atoms with van der Waals surface area (Å²) in [7, 11) is 1.70. The quantitative estimate of drug-likeness (QED) is 0.529.